The summed E-state index contributed by atoms with van der Waals surface area (Å²) in [6.07, 6.45) is 8.41. The molecule has 2 saturated heterocycles. The predicted molar refractivity (Wildman–Crippen MR) is 186 cm³/mol. The smallest absolute Gasteiger partial charge is 0.409 e. The summed E-state index contributed by atoms with van der Waals surface area (Å²) < 4.78 is 28.7. The van der Waals surface area contributed by atoms with Crippen molar-refractivity contribution in [2.75, 3.05) is 59.8 Å². The van der Waals surface area contributed by atoms with Gasteiger partial charge in [0.1, 0.15) is 30.2 Å². The first-order chi connectivity index (χ1) is 23.1. The largest absolute Gasteiger partial charge is 0.461 e. The number of ether oxygens (including phenoxy) is 2. The second-order valence-electron chi connectivity index (χ2n) is 14.0. The van der Waals surface area contributed by atoms with Crippen LogP contribution in [0.4, 0.5) is 15.0 Å². The average Bonchev–Trinajstić information content (AvgIpc) is 3.61. The normalized spacial score (nSPS) is 21.8. The van der Waals surface area contributed by atoms with E-state index in [1.54, 1.807) is 26.4 Å². The molecule has 2 atom stereocenters. The minimum Gasteiger partial charge on any atom is -0.461 e. The Kier molecular flexibility index (Phi) is 8.80. The molecule has 10 nitrogen and oxygen atoms in total. The molecule has 3 fully saturated rings. The van der Waals surface area contributed by atoms with Crippen molar-refractivity contribution in [1.82, 2.24) is 29.7 Å². The van der Waals surface area contributed by atoms with Crippen LogP contribution in [0.25, 0.3) is 32.9 Å². The zero-order valence-electron chi connectivity index (χ0n) is 28.1. The quantitative estimate of drug-likeness (QED) is 0.199. The number of likely N-dealkylation sites (N-methyl/N-ethyl adjacent to an activating group) is 1. The van der Waals surface area contributed by atoms with Crippen molar-refractivity contribution in [2.24, 2.45) is 0 Å². The minimum atomic E-state index is -0.550. The monoisotopic (exact) mass is 675 g/mol. The number of hydrogen-bond acceptors (Lipinski definition) is 9. The van der Waals surface area contributed by atoms with Crippen LogP contribution < -0.4 is 10.1 Å². The molecule has 2 aromatic carbocycles. The molecule has 3 aliphatic rings. The molecule has 48 heavy (non-hydrogen) atoms. The highest BCUT2D eigenvalue weighted by Gasteiger charge is 2.50. The van der Waals surface area contributed by atoms with Crippen LogP contribution in [-0.4, -0.2) is 107 Å². The Morgan fingerprint density at radius 2 is 1.88 bits per heavy atom. The molecular formula is C36H43ClFN7O3. The number of aromatic nitrogens is 3. The summed E-state index contributed by atoms with van der Waals surface area (Å²) in [7, 11) is 7.56. The fourth-order valence-corrected chi connectivity index (χ4v) is 8.10. The van der Waals surface area contributed by atoms with Crippen molar-refractivity contribution in [2.45, 2.75) is 62.1 Å². The molecule has 0 bridgehead atoms. The highest BCUT2D eigenvalue weighted by atomic mass is 35.5. The van der Waals surface area contributed by atoms with Crippen LogP contribution in [0.3, 0.4) is 0 Å². The zero-order chi connectivity index (χ0) is 33.6. The Balaban J connectivity index is 1.22. The molecule has 4 aromatic rings. The fraction of sp³-hybridized carbons (Fsp3) is 0.500. The lowest BCUT2D eigenvalue weighted by molar-refractivity contribution is 0.0484. The maximum absolute atomic E-state index is 16.7. The Hall–Kier alpha value is -3.80. The number of nitrogens with zero attached hydrogens (tertiary/aromatic N) is 6. The second kappa shape index (κ2) is 12.9. The van der Waals surface area contributed by atoms with Gasteiger partial charge in [-0.3, -0.25) is 9.88 Å². The highest BCUT2D eigenvalue weighted by molar-refractivity contribution is 6.36. The van der Waals surface area contributed by atoms with E-state index in [-0.39, 0.29) is 40.4 Å². The average molecular weight is 676 g/mol. The lowest BCUT2D eigenvalue weighted by Crippen LogP contribution is -2.54. The molecule has 1 aliphatic carbocycles. The zero-order valence-corrected chi connectivity index (χ0v) is 28.8. The number of fused-ring (bicyclic) bond motifs is 3. The number of nitrogens with one attached hydrogen (secondary N) is 1. The maximum Gasteiger partial charge on any atom is 0.409 e. The van der Waals surface area contributed by atoms with E-state index in [4.69, 9.17) is 26.1 Å². The first kappa shape index (κ1) is 32.7. The van der Waals surface area contributed by atoms with E-state index in [9.17, 15) is 4.79 Å². The molecule has 7 rings (SSSR count). The summed E-state index contributed by atoms with van der Waals surface area (Å²) in [5, 5.41) is 6.19. The van der Waals surface area contributed by atoms with Gasteiger partial charge in [-0.1, -0.05) is 41.9 Å². The van der Waals surface area contributed by atoms with E-state index >= 15 is 4.39 Å². The van der Waals surface area contributed by atoms with Gasteiger partial charge in [0.25, 0.3) is 0 Å². The lowest BCUT2D eigenvalue weighted by atomic mass is 9.75. The maximum atomic E-state index is 16.7. The van der Waals surface area contributed by atoms with Gasteiger partial charge in [-0.05, 0) is 77.0 Å². The summed E-state index contributed by atoms with van der Waals surface area (Å²) in [5.74, 6) is -0.0526. The van der Waals surface area contributed by atoms with Crippen molar-refractivity contribution in [3.05, 3.63) is 53.4 Å². The van der Waals surface area contributed by atoms with Gasteiger partial charge in [0.15, 0.2) is 5.82 Å². The molecular weight excluding hydrogens is 633 g/mol. The summed E-state index contributed by atoms with van der Waals surface area (Å²) in [4.78, 5) is 32.3. The highest BCUT2D eigenvalue weighted by Crippen LogP contribution is 2.43. The number of pyridine rings is 1. The van der Waals surface area contributed by atoms with Crippen LogP contribution >= 0.6 is 11.6 Å². The van der Waals surface area contributed by atoms with Crippen LogP contribution in [0.15, 0.2) is 42.6 Å². The van der Waals surface area contributed by atoms with Gasteiger partial charge in [0, 0.05) is 54.4 Å². The molecule has 1 saturated carbocycles. The third-order valence-corrected chi connectivity index (χ3v) is 11.2. The van der Waals surface area contributed by atoms with Gasteiger partial charge in [-0.15, -0.1) is 0 Å². The number of carbonyl (C=O) groups is 1. The van der Waals surface area contributed by atoms with Crippen LogP contribution in [0.5, 0.6) is 6.01 Å². The van der Waals surface area contributed by atoms with E-state index in [0.717, 1.165) is 55.8 Å². The number of hydrogen-bond donors (Lipinski definition) is 1. The summed E-state index contributed by atoms with van der Waals surface area (Å²) in [5.41, 5.74) is 0.699. The van der Waals surface area contributed by atoms with Crippen molar-refractivity contribution < 1.29 is 18.7 Å². The van der Waals surface area contributed by atoms with Crippen molar-refractivity contribution in [1.29, 1.82) is 0 Å². The molecule has 0 spiro atoms. The van der Waals surface area contributed by atoms with Gasteiger partial charge < -0.3 is 24.6 Å². The SMILES string of the molecule is CN(C)C(=O)OC[C@H]1CC[C@@]2(COc3nc(NCC4(N(C)C)CCC4)c4cnc(-c5cccc6cccc(Cl)c56)c(F)c4n3)CCCN12. The Bertz CT molecular complexity index is 1850. The first-order valence-corrected chi connectivity index (χ1v) is 17.2. The molecule has 1 amide bonds. The van der Waals surface area contributed by atoms with Gasteiger partial charge in [0.2, 0.25) is 0 Å². The Morgan fingerprint density at radius 3 is 2.60 bits per heavy atom. The number of carbonyl (C=O) groups excluding carboxylic acids is 1. The van der Waals surface area contributed by atoms with Crippen LogP contribution in [0, 0.1) is 5.82 Å². The standard InChI is InChI=1S/C36H43ClFN7O3/c1-43(2)34(46)47-20-24-13-17-36(16-8-18-45(24)36)22-48-33-41-31-26(32(42-33)40-21-35(44(3)4)14-7-15-35)19-39-30(29(31)38)25-11-5-9-23-10-6-12-27(37)28(23)25/h5-6,9-12,19,24H,7-8,13-18,20-22H2,1-4H3,(H,40,41,42)/t24-,36-/m1/s1. The minimum absolute atomic E-state index is 0.00210. The summed E-state index contributed by atoms with van der Waals surface area (Å²) >= 11 is 6.63. The molecule has 1 N–H and O–H groups in total. The summed E-state index contributed by atoms with van der Waals surface area (Å²) in [6, 6.07) is 11.5. The van der Waals surface area contributed by atoms with Gasteiger partial charge in [-0.2, -0.15) is 9.97 Å². The van der Waals surface area contributed by atoms with Crippen molar-refractivity contribution in [3.8, 4) is 17.3 Å². The van der Waals surface area contributed by atoms with Gasteiger partial charge >= 0.3 is 12.1 Å². The van der Waals surface area contributed by atoms with Gasteiger partial charge in [0.05, 0.1) is 10.9 Å². The molecule has 2 aromatic heterocycles. The van der Waals surface area contributed by atoms with Crippen molar-refractivity contribution >= 4 is 45.2 Å². The number of benzene rings is 2. The Labute approximate surface area is 285 Å². The number of rotatable bonds is 10. The molecule has 12 heteroatoms. The first-order valence-electron chi connectivity index (χ1n) is 16.8. The lowest BCUT2D eigenvalue weighted by Gasteiger charge is -2.47. The van der Waals surface area contributed by atoms with Crippen LogP contribution in [0.2, 0.25) is 5.02 Å². The number of amides is 1. The third-order valence-electron chi connectivity index (χ3n) is 10.9. The molecule has 254 valence electrons. The van der Waals surface area contributed by atoms with Gasteiger partial charge in [-0.25, -0.2) is 9.18 Å². The third kappa shape index (κ3) is 5.79. The molecule has 0 radical (unpaired) electrons. The Morgan fingerprint density at radius 1 is 1.08 bits per heavy atom. The fourth-order valence-electron chi connectivity index (χ4n) is 7.82. The summed E-state index contributed by atoms with van der Waals surface area (Å²) in [6.45, 7) is 2.25. The van der Waals surface area contributed by atoms with E-state index in [2.05, 4.69) is 39.2 Å². The van der Waals surface area contributed by atoms with E-state index in [1.807, 2.05) is 30.3 Å². The van der Waals surface area contributed by atoms with Crippen LogP contribution in [0.1, 0.15) is 44.9 Å². The number of halogens is 2. The topological polar surface area (TPSA) is 96.0 Å². The number of anilines is 1. The second-order valence-corrected chi connectivity index (χ2v) is 14.4. The predicted octanol–water partition coefficient (Wildman–Crippen LogP) is 6.61. The van der Waals surface area contributed by atoms with E-state index in [1.165, 1.54) is 11.3 Å². The van der Waals surface area contributed by atoms with E-state index < -0.39 is 5.82 Å². The van der Waals surface area contributed by atoms with Crippen molar-refractivity contribution in [3.63, 3.8) is 0 Å². The molecule has 0 unspecified atom stereocenters. The van der Waals surface area contributed by atoms with E-state index in [0.29, 0.717) is 41.5 Å². The van der Waals surface area contributed by atoms with Crippen LogP contribution in [-0.2, 0) is 4.74 Å². The molecule has 4 heterocycles. The molecule has 2 aliphatic heterocycles.